The summed E-state index contributed by atoms with van der Waals surface area (Å²) in [6.45, 7) is 0. The first-order valence-electron chi connectivity index (χ1n) is 10.3. The van der Waals surface area contributed by atoms with Crippen molar-refractivity contribution in [3.8, 4) is 0 Å². The van der Waals surface area contributed by atoms with Gasteiger partial charge in [0.15, 0.2) is 5.78 Å². The van der Waals surface area contributed by atoms with Gasteiger partial charge in [-0.1, -0.05) is 54.6 Å². The molecule has 6 heteroatoms. The summed E-state index contributed by atoms with van der Waals surface area (Å²) in [4.78, 5) is 24.4. The Bertz CT molecular complexity index is 1200. The third-order valence-corrected chi connectivity index (χ3v) is 5.99. The van der Waals surface area contributed by atoms with E-state index in [1.807, 2.05) is 48.5 Å². The highest BCUT2D eigenvalue weighted by atomic mass is 16.6. The number of Topliss-reactive ketones (excluding diaryl/α,β-unsaturated/α-hetero) is 1. The maximum atomic E-state index is 13.4. The summed E-state index contributed by atoms with van der Waals surface area (Å²) in [5.41, 5.74) is 5.13. The van der Waals surface area contributed by atoms with Gasteiger partial charge in [0.2, 0.25) is 0 Å². The average Bonchev–Trinajstić information content (AvgIpc) is 2.96. The van der Waals surface area contributed by atoms with Gasteiger partial charge >= 0.3 is 0 Å². The number of anilines is 2. The first-order chi connectivity index (χ1) is 15.1. The lowest BCUT2D eigenvalue weighted by molar-refractivity contribution is -0.384. The van der Waals surface area contributed by atoms with Crippen LogP contribution in [0.25, 0.3) is 0 Å². The highest BCUT2D eigenvalue weighted by Gasteiger charge is 2.36. The molecule has 1 aliphatic carbocycles. The number of hydrogen-bond acceptors (Lipinski definition) is 5. The number of carbonyl (C=O) groups is 1. The number of hydrogen-bond donors (Lipinski definition) is 2. The minimum absolute atomic E-state index is 0.0114. The molecule has 0 fully saturated rings. The van der Waals surface area contributed by atoms with Gasteiger partial charge in [0.1, 0.15) is 0 Å². The fraction of sp³-hybridized carbons (Fsp3) is 0.160. The Hall–Kier alpha value is -3.93. The monoisotopic (exact) mass is 411 g/mol. The van der Waals surface area contributed by atoms with Gasteiger partial charge in [-0.2, -0.15) is 0 Å². The van der Waals surface area contributed by atoms with E-state index in [9.17, 15) is 14.9 Å². The Morgan fingerprint density at radius 2 is 1.55 bits per heavy atom. The van der Waals surface area contributed by atoms with Crippen molar-refractivity contribution in [2.24, 2.45) is 0 Å². The Balaban J connectivity index is 1.63. The topological polar surface area (TPSA) is 84.3 Å². The highest BCUT2D eigenvalue weighted by molar-refractivity contribution is 6.01. The van der Waals surface area contributed by atoms with E-state index in [1.165, 1.54) is 6.07 Å². The molecule has 1 aliphatic heterocycles. The quantitative estimate of drug-likeness (QED) is 0.434. The fourth-order valence-electron chi connectivity index (χ4n) is 4.52. The van der Waals surface area contributed by atoms with Crippen LogP contribution in [-0.4, -0.2) is 10.7 Å². The molecule has 5 rings (SSSR count). The predicted octanol–water partition coefficient (Wildman–Crippen LogP) is 5.57. The molecule has 154 valence electrons. The van der Waals surface area contributed by atoms with E-state index in [4.69, 9.17) is 0 Å². The van der Waals surface area contributed by atoms with Crippen molar-refractivity contribution in [3.63, 3.8) is 0 Å². The van der Waals surface area contributed by atoms with E-state index in [2.05, 4.69) is 22.8 Å². The molecule has 3 aromatic rings. The maximum absolute atomic E-state index is 13.4. The second kappa shape index (κ2) is 7.72. The number of para-hydroxylation sites is 2. The van der Waals surface area contributed by atoms with E-state index in [1.54, 1.807) is 12.1 Å². The zero-order chi connectivity index (χ0) is 21.4. The number of nitrogens with one attached hydrogen (secondary N) is 2. The molecule has 0 bridgehead atoms. The van der Waals surface area contributed by atoms with Crippen molar-refractivity contribution in [3.05, 3.63) is 111 Å². The smallest absolute Gasteiger partial charge is 0.269 e. The zero-order valence-electron chi connectivity index (χ0n) is 16.7. The molecule has 2 aliphatic rings. The van der Waals surface area contributed by atoms with Crippen molar-refractivity contribution >= 4 is 22.8 Å². The number of ketones is 1. The van der Waals surface area contributed by atoms with Crippen molar-refractivity contribution in [1.82, 2.24) is 0 Å². The number of carbonyl (C=O) groups excluding carboxylic acids is 1. The molecule has 0 amide bonds. The van der Waals surface area contributed by atoms with Gasteiger partial charge in [-0.15, -0.1) is 0 Å². The van der Waals surface area contributed by atoms with Gasteiger partial charge < -0.3 is 10.6 Å². The first kappa shape index (κ1) is 19.1. The van der Waals surface area contributed by atoms with Crippen LogP contribution in [-0.2, 0) is 4.79 Å². The standard InChI is InChI=1S/C25H21N3O3/c29-23-15-18(16-7-2-1-3-8-16)14-22-24(23)25(17-9-6-10-19(13-17)28(30)31)27-21-12-5-4-11-20(21)26-22/h1-13,18,25-27H,14-15H2/t18-,25+/m1/s1. The summed E-state index contributed by atoms with van der Waals surface area (Å²) in [7, 11) is 0. The molecule has 2 N–H and O–H groups in total. The maximum Gasteiger partial charge on any atom is 0.269 e. The zero-order valence-corrected chi connectivity index (χ0v) is 16.7. The minimum atomic E-state index is -0.463. The van der Waals surface area contributed by atoms with Crippen LogP contribution in [0, 0.1) is 10.1 Å². The Labute approximate surface area is 179 Å². The lowest BCUT2D eigenvalue weighted by Gasteiger charge is -2.29. The summed E-state index contributed by atoms with van der Waals surface area (Å²) >= 11 is 0. The lowest BCUT2D eigenvalue weighted by Crippen LogP contribution is -2.26. The van der Waals surface area contributed by atoms with Gasteiger partial charge in [-0.05, 0) is 35.6 Å². The first-order valence-corrected chi connectivity index (χ1v) is 10.3. The lowest BCUT2D eigenvalue weighted by atomic mass is 9.78. The SMILES string of the molecule is O=C1C[C@H](c2ccccc2)CC2=C1[C@H](c1cccc([N+](=O)[O-])c1)Nc1ccccc1N2. The Kier molecular flexibility index (Phi) is 4.75. The minimum Gasteiger partial charge on any atom is -0.372 e. The Morgan fingerprint density at radius 3 is 2.32 bits per heavy atom. The van der Waals surface area contributed by atoms with Gasteiger partial charge in [0.25, 0.3) is 5.69 Å². The van der Waals surface area contributed by atoms with Crippen LogP contribution in [0.3, 0.4) is 0 Å². The predicted molar refractivity (Wildman–Crippen MR) is 120 cm³/mol. The number of non-ortho nitro benzene ring substituents is 1. The molecule has 0 saturated heterocycles. The molecule has 0 saturated carbocycles. The Morgan fingerprint density at radius 1 is 0.839 bits per heavy atom. The van der Waals surface area contributed by atoms with Gasteiger partial charge in [-0.25, -0.2) is 0 Å². The van der Waals surface area contributed by atoms with Crippen LogP contribution in [0.15, 0.2) is 90.1 Å². The van der Waals surface area contributed by atoms with Gasteiger partial charge in [0, 0.05) is 29.8 Å². The second-order valence-corrected chi connectivity index (χ2v) is 7.93. The second-order valence-electron chi connectivity index (χ2n) is 7.93. The van der Waals surface area contributed by atoms with Crippen molar-refractivity contribution < 1.29 is 9.72 Å². The van der Waals surface area contributed by atoms with Crippen LogP contribution in [0.5, 0.6) is 0 Å². The van der Waals surface area contributed by atoms with Crippen molar-refractivity contribution in [2.75, 3.05) is 10.6 Å². The molecule has 0 unspecified atom stereocenters. The summed E-state index contributed by atoms with van der Waals surface area (Å²) in [6.07, 6.45) is 1.11. The molecule has 6 nitrogen and oxygen atoms in total. The molecular weight excluding hydrogens is 390 g/mol. The number of benzene rings is 3. The largest absolute Gasteiger partial charge is 0.372 e. The molecule has 3 aromatic carbocycles. The average molecular weight is 411 g/mol. The van der Waals surface area contributed by atoms with E-state index in [-0.39, 0.29) is 17.4 Å². The number of allylic oxidation sites excluding steroid dienone is 1. The summed E-state index contributed by atoms with van der Waals surface area (Å²) in [5, 5.41) is 18.3. The molecule has 1 heterocycles. The van der Waals surface area contributed by atoms with Crippen molar-refractivity contribution in [1.29, 1.82) is 0 Å². The molecular formula is C25H21N3O3. The molecule has 2 atom stereocenters. The van der Waals surface area contributed by atoms with Gasteiger partial charge in [-0.3, -0.25) is 14.9 Å². The number of fused-ring (bicyclic) bond motifs is 1. The van der Waals surface area contributed by atoms with E-state index in [0.29, 0.717) is 24.0 Å². The molecule has 0 spiro atoms. The normalized spacial score (nSPS) is 20.1. The molecule has 31 heavy (non-hydrogen) atoms. The van der Waals surface area contributed by atoms with Gasteiger partial charge in [0.05, 0.1) is 22.3 Å². The summed E-state index contributed by atoms with van der Waals surface area (Å²) in [6, 6.07) is 23.9. The number of nitro benzene ring substituents is 1. The van der Waals surface area contributed by atoms with Crippen LogP contribution >= 0.6 is 0 Å². The number of nitro groups is 1. The van der Waals surface area contributed by atoms with Crippen LogP contribution in [0.1, 0.15) is 35.9 Å². The van der Waals surface area contributed by atoms with E-state index >= 15 is 0 Å². The third kappa shape index (κ3) is 3.57. The third-order valence-electron chi connectivity index (χ3n) is 5.99. The summed E-state index contributed by atoms with van der Waals surface area (Å²) in [5.74, 6) is 0.149. The molecule has 0 aromatic heterocycles. The van der Waals surface area contributed by atoms with E-state index < -0.39 is 11.0 Å². The molecule has 0 radical (unpaired) electrons. The fourth-order valence-corrected chi connectivity index (χ4v) is 4.52. The summed E-state index contributed by atoms with van der Waals surface area (Å²) < 4.78 is 0. The highest BCUT2D eigenvalue weighted by Crippen LogP contribution is 2.44. The van der Waals surface area contributed by atoms with Crippen LogP contribution in [0.2, 0.25) is 0 Å². The van der Waals surface area contributed by atoms with Crippen molar-refractivity contribution in [2.45, 2.75) is 24.8 Å². The number of nitrogens with zero attached hydrogens (tertiary/aromatic N) is 1. The van der Waals surface area contributed by atoms with Crippen LogP contribution in [0.4, 0.5) is 17.1 Å². The van der Waals surface area contributed by atoms with E-state index in [0.717, 1.165) is 22.6 Å². The number of rotatable bonds is 3. The van der Waals surface area contributed by atoms with Crippen LogP contribution < -0.4 is 10.6 Å².